The van der Waals surface area contributed by atoms with Crippen LogP contribution >= 0.6 is 0 Å². The van der Waals surface area contributed by atoms with E-state index in [0.29, 0.717) is 24.1 Å². The fourth-order valence-corrected chi connectivity index (χ4v) is 5.51. The molecular formula is C24H34N8O2. The number of ether oxygens (including phenoxy) is 2. The van der Waals surface area contributed by atoms with E-state index in [0.717, 1.165) is 87.7 Å². The molecule has 5 heterocycles. The third-order valence-electron chi connectivity index (χ3n) is 7.43. The zero-order chi connectivity index (χ0) is 22.7. The van der Waals surface area contributed by atoms with Crippen LogP contribution in [-0.2, 0) is 9.47 Å². The summed E-state index contributed by atoms with van der Waals surface area (Å²) in [4.78, 5) is 15.5. The van der Waals surface area contributed by atoms with Gasteiger partial charge in [0.1, 0.15) is 5.52 Å². The molecule has 1 saturated carbocycles. The predicted octanol–water partition coefficient (Wildman–Crippen LogP) is 3.30. The maximum Gasteiger partial charge on any atom is 0.229 e. The van der Waals surface area contributed by atoms with Crippen LogP contribution in [0.1, 0.15) is 44.6 Å². The highest BCUT2D eigenvalue weighted by Gasteiger charge is 2.27. The summed E-state index contributed by atoms with van der Waals surface area (Å²) in [5, 5.41) is 11.6. The Bertz CT molecular complexity index is 1080. The highest BCUT2D eigenvalue weighted by molar-refractivity contribution is 5.87. The standard InChI is InChI=1S/C24H34N8O2/c1-3-19(31-9-13-34-14-10-31)4-2-17(1)27-23-22-21(5-8-25-22)29-24(30-23)28-18-15-26-32(16-18)20-6-11-33-12-7-20/h5,8,15-17,19-20,25H,1-4,6-7,9-14H2,(H2,27,28,29,30). The van der Waals surface area contributed by atoms with Crippen molar-refractivity contribution >= 4 is 28.5 Å². The number of hydrogen-bond donors (Lipinski definition) is 3. The Balaban J connectivity index is 1.13. The summed E-state index contributed by atoms with van der Waals surface area (Å²) in [5.41, 5.74) is 2.76. The summed E-state index contributed by atoms with van der Waals surface area (Å²) in [5.74, 6) is 1.45. The van der Waals surface area contributed by atoms with Gasteiger partial charge in [0.25, 0.3) is 0 Å². The van der Waals surface area contributed by atoms with Crippen molar-refractivity contribution in [2.75, 3.05) is 50.2 Å². The van der Waals surface area contributed by atoms with E-state index in [2.05, 4.69) is 25.6 Å². The maximum atomic E-state index is 5.52. The van der Waals surface area contributed by atoms with Crippen molar-refractivity contribution in [3.63, 3.8) is 0 Å². The number of nitrogens with one attached hydrogen (secondary N) is 3. The average molecular weight is 467 g/mol. The van der Waals surface area contributed by atoms with Crippen LogP contribution in [0.4, 0.5) is 17.5 Å². The van der Waals surface area contributed by atoms with E-state index in [1.54, 1.807) is 0 Å². The minimum absolute atomic E-state index is 0.391. The molecule has 0 aromatic carbocycles. The zero-order valence-corrected chi connectivity index (χ0v) is 19.6. The van der Waals surface area contributed by atoms with Gasteiger partial charge in [-0.3, -0.25) is 9.58 Å². The SMILES string of the molecule is c1cc2nc(Nc3cnn(C4CCOCC4)c3)nc(NC3CCC(N4CCOCC4)CC3)c2[nH]1. The minimum Gasteiger partial charge on any atom is -0.381 e. The molecule has 0 unspecified atom stereocenters. The second kappa shape index (κ2) is 9.89. The van der Waals surface area contributed by atoms with Gasteiger partial charge in [0.15, 0.2) is 5.82 Å². The number of fused-ring (bicyclic) bond motifs is 1. The van der Waals surface area contributed by atoms with Gasteiger partial charge in [-0.1, -0.05) is 0 Å². The van der Waals surface area contributed by atoms with Crippen molar-refractivity contribution in [3.05, 3.63) is 24.7 Å². The second-order valence-electron chi connectivity index (χ2n) is 9.61. The quantitative estimate of drug-likeness (QED) is 0.508. The van der Waals surface area contributed by atoms with Crippen LogP contribution in [0, 0.1) is 0 Å². The fourth-order valence-electron chi connectivity index (χ4n) is 5.51. The molecule has 0 atom stereocenters. The first-order chi connectivity index (χ1) is 16.8. The molecule has 3 aliphatic rings. The molecule has 0 bridgehead atoms. The van der Waals surface area contributed by atoms with Gasteiger partial charge in [0.2, 0.25) is 5.95 Å². The van der Waals surface area contributed by atoms with Crippen LogP contribution in [0.5, 0.6) is 0 Å². The smallest absolute Gasteiger partial charge is 0.229 e. The van der Waals surface area contributed by atoms with Crippen molar-refractivity contribution in [1.82, 2.24) is 29.6 Å². The molecule has 3 aromatic heterocycles. The first kappa shape index (κ1) is 21.8. The summed E-state index contributed by atoms with van der Waals surface area (Å²) in [7, 11) is 0. The molecule has 10 nitrogen and oxygen atoms in total. The predicted molar refractivity (Wildman–Crippen MR) is 131 cm³/mol. The molecule has 0 amide bonds. The van der Waals surface area contributed by atoms with Gasteiger partial charge < -0.3 is 25.1 Å². The van der Waals surface area contributed by atoms with Gasteiger partial charge >= 0.3 is 0 Å². The van der Waals surface area contributed by atoms with Crippen LogP contribution < -0.4 is 10.6 Å². The number of nitrogens with zero attached hydrogens (tertiary/aromatic N) is 5. The third-order valence-corrected chi connectivity index (χ3v) is 7.43. The van der Waals surface area contributed by atoms with Gasteiger partial charge in [-0.2, -0.15) is 10.1 Å². The Morgan fingerprint density at radius 3 is 2.53 bits per heavy atom. The molecule has 10 heteroatoms. The maximum absolute atomic E-state index is 5.52. The molecule has 0 spiro atoms. The van der Waals surface area contributed by atoms with Crippen LogP contribution in [0.25, 0.3) is 11.0 Å². The lowest BCUT2D eigenvalue weighted by atomic mass is 9.90. The molecule has 0 radical (unpaired) electrons. The summed E-state index contributed by atoms with van der Waals surface area (Å²) < 4.78 is 13.0. The monoisotopic (exact) mass is 466 g/mol. The fraction of sp³-hybridized carbons (Fsp3) is 0.625. The molecule has 3 fully saturated rings. The van der Waals surface area contributed by atoms with Crippen molar-refractivity contribution in [2.45, 2.75) is 56.7 Å². The second-order valence-corrected chi connectivity index (χ2v) is 9.61. The van der Waals surface area contributed by atoms with Crippen LogP contribution in [0.15, 0.2) is 24.7 Å². The van der Waals surface area contributed by atoms with Crippen LogP contribution in [0.3, 0.4) is 0 Å². The van der Waals surface area contributed by atoms with Gasteiger partial charge in [-0.25, -0.2) is 4.98 Å². The average Bonchev–Trinajstić information content (AvgIpc) is 3.56. The number of aromatic amines is 1. The van der Waals surface area contributed by atoms with Gasteiger partial charge in [-0.15, -0.1) is 0 Å². The lowest BCUT2D eigenvalue weighted by molar-refractivity contribution is 0.00791. The summed E-state index contributed by atoms with van der Waals surface area (Å²) >= 11 is 0. The highest BCUT2D eigenvalue weighted by atomic mass is 16.5. The molecule has 2 saturated heterocycles. The Hall–Kier alpha value is -2.69. The summed E-state index contributed by atoms with van der Waals surface area (Å²) in [6.07, 6.45) is 12.5. The van der Waals surface area contributed by atoms with Crippen molar-refractivity contribution in [2.24, 2.45) is 0 Å². The minimum atomic E-state index is 0.391. The van der Waals surface area contributed by atoms with E-state index in [4.69, 9.17) is 19.4 Å². The molecule has 2 aliphatic heterocycles. The molecule has 1 aliphatic carbocycles. The third kappa shape index (κ3) is 4.75. The van der Waals surface area contributed by atoms with Crippen molar-refractivity contribution < 1.29 is 9.47 Å². The topological polar surface area (TPSA) is 105 Å². The van der Waals surface area contributed by atoms with Crippen LogP contribution in [0.2, 0.25) is 0 Å². The van der Waals surface area contributed by atoms with Gasteiger partial charge in [-0.05, 0) is 44.6 Å². The Labute approximate surface area is 199 Å². The summed E-state index contributed by atoms with van der Waals surface area (Å²) in [6.45, 7) is 5.46. The van der Waals surface area contributed by atoms with E-state index in [9.17, 15) is 0 Å². The Kier molecular flexibility index (Phi) is 6.35. The highest BCUT2D eigenvalue weighted by Crippen LogP contribution is 2.29. The van der Waals surface area contributed by atoms with E-state index in [1.807, 2.05) is 29.3 Å². The number of rotatable bonds is 6. The van der Waals surface area contributed by atoms with E-state index in [-0.39, 0.29) is 0 Å². The molecule has 3 aromatic rings. The van der Waals surface area contributed by atoms with Crippen LogP contribution in [-0.4, -0.2) is 81.2 Å². The van der Waals surface area contributed by atoms with Crippen molar-refractivity contribution in [3.8, 4) is 0 Å². The Morgan fingerprint density at radius 1 is 0.912 bits per heavy atom. The first-order valence-electron chi connectivity index (χ1n) is 12.6. The van der Waals surface area contributed by atoms with E-state index >= 15 is 0 Å². The van der Waals surface area contributed by atoms with Gasteiger partial charge in [0, 0.05) is 50.8 Å². The number of aromatic nitrogens is 5. The number of morpholine rings is 1. The van der Waals surface area contributed by atoms with E-state index < -0.39 is 0 Å². The lowest BCUT2D eigenvalue weighted by Crippen LogP contribution is -2.46. The number of hydrogen-bond acceptors (Lipinski definition) is 8. The molecule has 182 valence electrons. The van der Waals surface area contributed by atoms with Crippen molar-refractivity contribution in [1.29, 1.82) is 0 Å². The Morgan fingerprint density at radius 2 is 1.71 bits per heavy atom. The summed E-state index contributed by atoms with van der Waals surface area (Å²) in [6, 6.07) is 3.49. The lowest BCUT2D eigenvalue weighted by Gasteiger charge is -2.39. The number of H-pyrrole nitrogens is 1. The zero-order valence-electron chi connectivity index (χ0n) is 19.6. The molecule has 3 N–H and O–H groups in total. The number of anilines is 3. The first-order valence-corrected chi connectivity index (χ1v) is 12.6. The molecule has 34 heavy (non-hydrogen) atoms. The van der Waals surface area contributed by atoms with E-state index in [1.165, 1.54) is 12.8 Å². The van der Waals surface area contributed by atoms with Gasteiger partial charge in [0.05, 0.1) is 36.7 Å². The largest absolute Gasteiger partial charge is 0.381 e. The normalized spacial score (nSPS) is 24.9. The molecular weight excluding hydrogens is 432 g/mol. The molecule has 6 rings (SSSR count).